The molecule has 2 aromatic heterocycles. The summed E-state index contributed by atoms with van der Waals surface area (Å²) in [6.07, 6.45) is 4.53. The fraction of sp³-hybridized carbons (Fsp3) is 0.476. The Labute approximate surface area is 174 Å². The summed E-state index contributed by atoms with van der Waals surface area (Å²) < 4.78 is 5.45. The Kier molecular flexibility index (Phi) is 5.37. The number of aromatic nitrogens is 5. The van der Waals surface area contributed by atoms with Crippen molar-refractivity contribution in [1.82, 2.24) is 25.4 Å². The Balaban J connectivity index is 1.39. The number of benzene rings is 1. The van der Waals surface area contributed by atoms with Crippen LogP contribution >= 0.6 is 0 Å². The van der Waals surface area contributed by atoms with E-state index < -0.39 is 6.10 Å². The number of ether oxygens (including phenoxy) is 1. The van der Waals surface area contributed by atoms with Gasteiger partial charge in [0.2, 0.25) is 0 Å². The van der Waals surface area contributed by atoms with Crippen molar-refractivity contribution in [3.63, 3.8) is 0 Å². The Morgan fingerprint density at radius 1 is 1.03 bits per heavy atom. The van der Waals surface area contributed by atoms with Crippen LogP contribution in [0.4, 0.5) is 11.5 Å². The van der Waals surface area contributed by atoms with E-state index in [4.69, 9.17) is 4.74 Å². The quantitative estimate of drug-likeness (QED) is 0.691. The largest absolute Gasteiger partial charge is 0.385 e. The van der Waals surface area contributed by atoms with Crippen LogP contribution in [-0.2, 0) is 4.74 Å². The molecule has 0 radical (unpaired) electrons. The third kappa shape index (κ3) is 3.78. The first-order valence-corrected chi connectivity index (χ1v) is 10.5. The molecule has 2 fully saturated rings. The SMILES string of the molecule is O[C@H](c1ncccn1)[C@H]1CCCN(c2nnnc3cc(N4CCOCC4)ccc23)C1. The van der Waals surface area contributed by atoms with Gasteiger partial charge in [0.15, 0.2) is 11.6 Å². The Morgan fingerprint density at radius 3 is 2.70 bits per heavy atom. The lowest BCUT2D eigenvalue weighted by Crippen LogP contribution is -2.39. The van der Waals surface area contributed by atoms with Gasteiger partial charge in [-0.1, -0.05) is 0 Å². The van der Waals surface area contributed by atoms with E-state index in [-0.39, 0.29) is 5.92 Å². The van der Waals surface area contributed by atoms with Crippen LogP contribution < -0.4 is 9.80 Å². The number of rotatable bonds is 4. The van der Waals surface area contributed by atoms with Crippen molar-refractivity contribution in [3.8, 4) is 0 Å². The lowest BCUT2D eigenvalue weighted by atomic mass is 9.92. The normalized spacial score (nSPS) is 21.0. The highest BCUT2D eigenvalue weighted by molar-refractivity contribution is 5.91. The van der Waals surface area contributed by atoms with Crippen molar-refractivity contribution >= 4 is 22.4 Å². The van der Waals surface area contributed by atoms with Crippen LogP contribution in [0.3, 0.4) is 0 Å². The van der Waals surface area contributed by atoms with Gasteiger partial charge in [-0.2, -0.15) is 0 Å². The number of aliphatic hydroxyl groups is 1. The summed E-state index contributed by atoms with van der Waals surface area (Å²) in [7, 11) is 0. The highest BCUT2D eigenvalue weighted by Crippen LogP contribution is 2.33. The second kappa shape index (κ2) is 8.45. The van der Waals surface area contributed by atoms with Crippen LogP contribution in [0.2, 0.25) is 0 Å². The molecule has 2 aliphatic rings. The second-order valence-electron chi connectivity index (χ2n) is 7.81. The molecule has 2 aliphatic heterocycles. The molecule has 5 rings (SSSR count). The van der Waals surface area contributed by atoms with Crippen LogP contribution in [-0.4, -0.2) is 69.9 Å². The van der Waals surface area contributed by atoms with Crippen LogP contribution in [0.5, 0.6) is 0 Å². The van der Waals surface area contributed by atoms with E-state index in [1.807, 2.05) is 0 Å². The minimum atomic E-state index is -0.692. The molecule has 2 atom stereocenters. The van der Waals surface area contributed by atoms with E-state index in [0.717, 1.165) is 68.1 Å². The molecule has 0 unspecified atom stereocenters. The lowest BCUT2D eigenvalue weighted by molar-refractivity contribution is 0.0898. The van der Waals surface area contributed by atoms with Gasteiger partial charge in [-0.25, -0.2) is 9.97 Å². The molecule has 30 heavy (non-hydrogen) atoms. The Morgan fingerprint density at radius 2 is 1.87 bits per heavy atom. The molecule has 3 aromatic rings. The molecule has 9 nitrogen and oxygen atoms in total. The number of aliphatic hydroxyl groups excluding tert-OH is 1. The summed E-state index contributed by atoms with van der Waals surface area (Å²) in [6.45, 7) is 4.80. The first-order chi connectivity index (χ1) is 14.8. The molecule has 9 heteroatoms. The number of piperidine rings is 1. The molecule has 156 valence electrons. The first kappa shape index (κ1) is 19.1. The first-order valence-electron chi connectivity index (χ1n) is 10.5. The maximum absolute atomic E-state index is 10.8. The van der Waals surface area contributed by atoms with E-state index in [1.54, 1.807) is 18.5 Å². The minimum absolute atomic E-state index is 0.0405. The van der Waals surface area contributed by atoms with Crippen LogP contribution in [0, 0.1) is 5.92 Å². The van der Waals surface area contributed by atoms with Crippen LogP contribution in [0.25, 0.3) is 10.9 Å². The maximum Gasteiger partial charge on any atom is 0.162 e. The highest BCUT2D eigenvalue weighted by Gasteiger charge is 2.30. The molecule has 0 saturated carbocycles. The van der Waals surface area contributed by atoms with Gasteiger partial charge in [0.1, 0.15) is 11.6 Å². The fourth-order valence-corrected chi connectivity index (χ4v) is 4.34. The van der Waals surface area contributed by atoms with Crippen molar-refractivity contribution in [2.75, 3.05) is 49.2 Å². The molecule has 4 heterocycles. The van der Waals surface area contributed by atoms with Gasteiger partial charge >= 0.3 is 0 Å². The predicted molar refractivity (Wildman–Crippen MR) is 112 cm³/mol. The van der Waals surface area contributed by atoms with E-state index in [9.17, 15) is 5.11 Å². The molecule has 0 bridgehead atoms. The molecule has 1 aromatic carbocycles. The summed E-state index contributed by atoms with van der Waals surface area (Å²) in [5.74, 6) is 1.34. The number of nitrogens with zero attached hydrogens (tertiary/aromatic N) is 7. The smallest absolute Gasteiger partial charge is 0.162 e. The average Bonchev–Trinajstić information content (AvgIpc) is 2.84. The maximum atomic E-state index is 10.8. The fourth-order valence-electron chi connectivity index (χ4n) is 4.34. The summed E-state index contributed by atoms with van der Waals surface area (Å²) in [5.41, 5.74) is 1.96. The molecular formula is C21H25N7O2. The zero-order valence-corrected chi connectivity index (χ0v) is 16.8. The van der Waals surface area contributed by atoms with E-state index in [0.29, 0.717) is 12.4 Å². The monoisotopic (exact) mass is 407 g/mol. The average molecular weight is 407 g/mol. The number of morpholine rings is 1. The minimum Gasteiger partial charge on any atom is -0.385 e. The topological polar surface area (TPSA) is 100 Å². The van der Waals surface area contributed by atoms with Gasteiger partial charge < -0.3 is 19.6 Å². The Bertz CT molecular complexity index is 997. The van der Waals surface area contributed by atoms with Crippen LogP contribution in [0.1, 0.15) is 24.8 Å². The van der Waals surface area contributed by atoms with Gasteiger partial charge in [0, 0.05) is 55.6 Å². The third-order valence-electron chi connectivity index (χ3n) is 5.94. The van der Waals surface area contributed by atoms with Crippen molar-refractivity contribution in [2.45, 2.75) is 18.9 Å². The van der Waals surface area contributed by atoms with Crippen molar-refractivity contribution < 1.29 is 9.84 Å². The molecule has 2 saturated heterocycles. The van der Waals surface area contributed by atoms with E-state index in [1.165, 1.54) is 0 Å². The molecule has 1 N–H and O–H groups in total. The van der Waals surface area contributed by atoms with E-state index in [2.05, 4.69) is 53.4 Å². The summed E-state index contributed by atoms with van der Waals surface area (Å²) in [4.78, 5) is 13.0. The zero-order chi connectivity index (χ0) is 20.3. The number of fused-ring (bicyclic) bond motifs is 1. The van der Waals surface area contributed by atoms with Gasteiger partial charge in [0.05, 0.1) is 13.2 Å². The summed E-state index contributed by atoms with van der Waals surface area (Å²) in [5, 5.41) is 24.4. The zero-order valence-electron chi connectivity index (χ0n) is 16.8. The van der Waals surface area contributed by atoms with Gasteiger partial charge in [-0.15, -0.1) is 10.2 Å². The van der Waals surface area contributed by atoms with Crippen LogP contribution in [0.15, 0.2) is 36.7 Å². The summed E-state index contributed by atoms with van der Waals surface area (Å²) in [6, 6.07) is 8.03. The number of hydrogen-bond acceptors (Lipinski definition) is 9. The highest BCUT2D eigenvalue weighted by atomic mass is 16.5. The van der Waals surface area contributed by atoms with E-state index >= 15 is 0 Å². The Hall–Kier alpha value is -2.91. The number of hydrogen-bond donors (Lipinski definition) is 1. The van der Waals surface area contributed by atoms with Crippen molar-refractivity contribution in [1.29, 1.82) is 0 Å². The second-order valence-corrected chi connectivity index (χ2v) is 7.81. The molecule has 0 aliphatic carbocycles. The predicted octanol–water partition coefficient (Wildman–Crippen LogP) is 1.60. The molecule has 0 amide bonds. The summed E-state index contributed by atoms with van der Waals surface area (Å²) >= 11 is 0. The van der Waals surface area contributed by atoms with Gasteiger partial charge in [0.25, 0.3) is 0 Å². The number of anilines is 2. The molecule has 0 spiro atoms. The van der Waals surface area contributed by atoms with Gasteiger partial charge in [-0.05, 0) is 42.3 Å². The lowest BCUT2D eigenvalue weighted by Gasteiger charge is -2.35. The third-order valence-corrected chi connectivity index (χ3v) is 5.94. The molecular weight excluding hydrogens is 382 g/mol. The van der Waals surface area contributed by atoms with Gasteiger partial charge in [-0.3, -0.25) is 0 Å². The standard InChI is InChI=1S/C21H25N7O2/c29-19(20-22-6-2-7-23-20)15-3-1-8-28(14-15)21-17-5-4-16(13-18(17)24-26-25-21)27-9-11-30-12-10-27/h2,4-7,13,15,19,29H,1,3,8-12,14H2/t15-,19-/m0/s1. The van der Waals surface area contributed by atoms with Crippen molar-refractivity contribution in [2.24, 2.45) is 5.92 Å². The van der Waals surface area contributed by atoms with Crippen molar-refractivity contribution in [3.05, 3.63) is 42.5 Å².